The number of hydrogen-bond acceptors (Lipinski definition) is 7. The number of carbonyl (C=O) groups excluding carboxylic acids is 3. The van der Waals surface area contributed by atoms with Crippen molar-refractivity contribution in [1.82, 2.24) is 0 Å². The molecule has 0 aliphatic rings. The molecule has 0 saturated heterocycles. The topological polar surface area (TPSA) is 90.9 Å². The summed E-state index contributed by atoms with van der Waals surface area (Å²) >= 11 is 1.26. The number of methoxy groups -OCH3 is 1. The molecule has 0 aliphatic heterocycles. The molecule has 0 bridgehead atoms. The predicted octanol–water partition coefficient (Wildman–Crippen LogP) is 3.33. The van der Waals surface area contributed by atoms with Crippen LogP contribution in [0.25, 0.3) is 0 Å². The van der Waals surface area contributed by atoms with Gasteiger partial charge in [0.1, 0.15) is 10.8 Å². The Balaban J connectivity index is 1.88. The van der Waals surface area contributed by atoms with E-state index >= 15 is 0 Å². The summed E-state index contributed by atoms with van der Waals surface area (Å²) in [5.41, 5.74) is 3.05. The van der Waals surface area contributed by atoms with Gasteiger partial charge in [-0.25, -0.2) is 9.59 Å². The van der Waals surface area contributed by atoms with Crippen LogP contribution in [0, 0.1) is 27.7 Å². The number of hydrogen-bond donors (Lipinski definition) is 1. The highest BCUT2D eigenvalue weighted by atomic mass is 32.1. The molecule has 1 aromatic heterocycles. The first-order valence-electron chi connectivity index (χ1n) is 8.56. The van der Waals surface area contributed by atoms with E-state index in [1.807, 2.05) is 32.9 Å². The predicted molar refractivity (Wildman–Crippen MR) is 106 cm³/mol. The first-order chi connectivity index (χ1) is 13.2. The molecule has 2 rings (SSSR count). The minimum absolute atomic E-state index is 0.304. The van der Waals surface area contributed by atoms with E-state index in [4.69, 9.17) is 14.2 Å². The molecule has 1 heterocycles. The number of ether oxygens (including phenoxy) is 3. The molecule has 2 aromatic rings. The van der Waals surface area contributed by atoms with Gasteiger partial charge in [-0.3, -0.25) is 4.79 Å². The maximum atomic E-state index is 12.1. The number of benzene rings is 1. The third kappa shape index (κ3) is 5.32. The Morgan fingerprint density at radius 3 is 2.43 bits per heavy atom. The third-order valence-corrected chi connectivity index (χ3v) is 5.19. The average molecular weight is 405 g/mol. The summed E-state index contributed by atoms with van der Waals surface area (Å²) in [7, 11) is 1.28. The van der Waals surface area contributed by atoms with Crippen molar-refractivity contribution in [3.05, 3.63) is 45.3 Å². The van der Waals surface area contributed by atoms with E-state index in [1.165, 1.54) is 18.4 Å². The zero-order valence-electron chi connectivity index (χ0n) is 16.5. The van der Waals surface area contributed by atoms with E-state index in [2.05, 4.69) is 5.32 Å². The average Bonchev–Trinajstić information content (AvgIpc) is 2.92. The molecule has 0 radical (unpaired) electrons. The number of carbonyl (C=O) groups is 3. The Labute approximate surface area is 167 Å². The number of aryl methyl sites for hydroxylation is 3. The van der Waals surface area contributed by atoms with Crippen LogP contribution in [0.5, 0.6) is 5.75 Å². The fraction of sp³-hybridized carbons (Fsp3) is 0.350. The van der Waals surface area contributed by atoms with E-state index < -0.39 is 24.5 Å². The minimum atomic E-state index is -0.665. The molecule has 7 nitrogen and oxygen atoms in total. The Bertz CT molecular complexity index is 902. The molecule has 28 heavy (non-hydrogen) atoms. The molecular weight excluding hydrogens is 382 g/mol. The second-order valence-electron chi connectivity index (χ2n) is 6.25. The molecule has 1 aromatic carbocycles. The van der Waals surface area contributed by atoms with Crippen molar-refractivity contribution in [2.75, 3.05) is 25.6 Å². The van der Waals surface area contributed by atoms with E-state index in [1.54, 1.807) is 13.0 Å². The van der Waals surface area contributed by atoms with Crippen molar-refractivity contribution in [3.8, 4) is 5.75 Å². The quantitative estimate of drug-likeness (QED) is 0.711. The fourth-order valence-electron chi connectivity index (χ4n) is 2.51. The molecule has 8 heteroatoms. The number of anilines is 1. The maximum absolute atomic E-state index is 12.1. The van der Waals surface area contributed by atoms with Crippen molar-refractivity contribution in [3.63, 3.8) is 0 Å². The van der Waals surface area contributed by atoms with Crippen LogP contribution in [0.3, 0.4) is 0 Å². The Morgan fingerprint density at radius 1 is 1.07 bits per heavy atom. The van der Waals surface area contributed by atoms with Crippen LogP contribution in [-0.2, 0) is 19.1 Å². The van der Waals surface area contributed by atoms with E-state index in [0.29, 0.717) is 16.3 Å². The monoisotopic (exact) mass is 405 g/mol. The van der Waals surface area contributed by atoms with Crippen molar-refractivity contribution in [2.24, 2.45) is 0 Å². The molecule has 0 atom stereocenters. The molecule has 0 saturated carbocycles. The SMILES string of the molecule is COC(=O)c1c(NC(=O)COC(=O)COc2ccc(C)cc2C)sc(C)c1C. The second-order valence-corrected chi connectivity index (χ2v) is 7.47. The highest BCUT2D eigenvalue weighted by molar-refractivity contribution is 7.16. The van der Waals surface area contributed by atoms with Crippen LogP contribution in [0.2, 0.25) is 0 Å². The Morgan fingerprint density at radius 2 is 1.79 bits per heavy atom. The van der Waals surface area contributed by atoms with Crippen LogP contribution < -0.4 is 10.1 Å². The van der Waals surface area contributed by atoms with Crippen molar-refractivity contribution < 1.29 is 28.6 Å². The van der Waals surface area contributed by atoms with Gasteiger partial charge in [-0.1, -0.05) is 17.7 Å². The van der Waals surface area contributed by atoms with Crippen LogP contribution in [0.4, 0.5) is 5.00 Å². The maximum Gasteiger partial charge on any atom is 0.344 e. The number of thiophene rings is 1. The minimum Gasteiger partial charge on any atom is -0.482 e. The van der Waals surface area contributed by atoms with Gasteiger partial charge in [0.15, 0.2) is 13.2 Å². The normalized spacial score (nSPS) is 10.3. The van der Waals surface area contributed by atoms with Crippen LogP contribution >= 0.6 is 11.3 Å². The highest BCUT2D eigenvalue weighted by Crippen LogP contribution is 2.32. The molecule has 1 amide bonds. The summed E-state index contributed by atoms with van der Waals surface area (Å²) in [4.78, 5) is 36.7. The van der Waals surface area contributed by atoms with Gasteiger partial charge < -0.3 is 19.5 Å². The van der Waals surface area contributed by atoms with E-state index in [0.717, 1.165) is 21.6 Å². The largest absolute Gasteiger partial charge is 0.482 e. The lowest BCUT2D eigenvalue weighted by Gasteiger charge is -2.10. The third-order valence-electron chi connectivity index (χ3n) is 4.07. The molecule has 1 N–H and O–H groups in total. The second kappa shape index (κ2) is 9.36. The van der Waals surface area contributed by atoms with Crippen molar-refractivity contribution >= 4 is 34.2 Å². The van der Waals surface area contributed by atoms with Gasteiger partial charge in [0.2, 0.25) is 0 Å². The lowest BCUT2D eigenvalue weighted by Crippen LogP contribution is -2.24. The first-order valence-corrected chi connectivity index (χ1v) is 9.38. The molecule has 0 spiro atoms. The van der Waals surface area contributed by atoms with Crippen LogP contribution in [-0.4, -0.2) is 38.2 Å². The van der Waals surface area contributed by atoms with Crippen molar-refractivity contribution in [2.45, 2.75) is 27.7 Å². The Hall–Kier alpha value is -2.87. The summed E-state index contributed by atoms with van der Waals surface area (Å²) in [6, 6.07) is 5.60. The number of esters is 2. The lowest BCUT2D eigenvalue weighted by molar-refractivity contribution is -0.149. The standard InChI is InChI=1S/C20H23NO6S/c1-11-6-7-15(12(2)8-11)26-10-17(23)27-9-16(22)21-19-18(20(24)25-5)13(3)14(4)28-19/h6-8H,9-10H2,1-5H3,(H,21,22). The lowest BCUT2D eigenvalue weighted by atomic mass is 10.1. The van der Waals surface area contributed by atoms with Crippen LogP contribution in [0.15, 0.2) is 18.2 Å². The number of amides is 1. The van der Waals surface area contributed by atoms with Gasteiger partial charge in [0.05, 0.1) is 12.7 Å². The Kier molecular flexibility index (Phi) is 7.17. The van der Waals surface area contributed by atoms with Gasteiger partial charge in [-0.05, 0) is 44.9 Å². The molecule has 150 valence electrons. The van der Waals surface area contributed by atoms with E-state index in [9.17, 15) is 14.4 Å². The van der Waals surface area contributed by atoms with Crippen LogP contribution in [0.1, 0.15) is 31.9 Å². The number of rotatable bonds is 7. The zero-order valence-corrected chi connectivity index (χ0v) is 17.3. The summed E-state index contributed by atoms with van der Waals surface area (Å²) in [6.45, 7) is 6.68. The molecule has 0 unspecified atom stereocenters. The summed E-state index contributed by atoms with van der Waals surface area (Å²) in [5, 5.41) is 2.96. The summed E-state index contributed by atoms with van der Waals surface area (Å²) in [6.07, 6.45) is 0. The summed E-state index contributed by atoms with van der Waals surface area (Å²) < 4.78 is 15.1. The van der Waals surface area contributed by atoms with Crippen molar-refractivity contribution in [1.29, 1.82) is 0 Å². The van der Waals surface area contributed by atoms with Gasteiger partial charge >= 0.3 is 11.9 Å². The molecule has 0 aliphatic carbocycles. The smallest absolute Gasteiger partial charge is 0.344 e. The van der Waals surface area contributed by atoms with E-state index in [-0.39, 0.29) is 6.61 Å². The van der Waals surface area contributed by atoms with Gasteiger partial charge in [0, 0.05) is 4.88 Å². The first kappa shape index (κ1) is 21.4. The van der Waals surface area contributed by atoms with Gasteiger partial charge in [-0.15, -0.1) is 11.3 Å². The van der Waals surface area contributed by atoms with Gasteiger partial charge in [-0.2, -0.15) is 0 Å². The molecular formula is C20H23NO6S. The van der Waals surface area contributed by atoms with Gasteiger partial charge in [0.25, 0.3) is 5.91 Å². The summed E-state index contributed by atoms with van der Waals surface area (Å²) in [5.74, 6) is -1.16. The highest BCUT2D eigenvalue weighted by Gasteiger charge is 2.22. The number of nitrogens with one attached hydrogen (secondary N) is 1. The molecule has 0 fully saturated rings. The fourth-order valence-corrected chi connectivity index (χ4v) is 3.58. The zero-order chi connectivity index (χ0) is 20.8.